The Morgan fingerprint density at radius 2 is 0.640 bits per heavy atom. The van der Waals surface area contributed by atoms with E-state index in [1.54, 1.807) is 0 Å². The Hall–Kier alpha value is -9.16. The van der Waals surface area contributed by atoms with E-state index in [2.05, 4.69) is 290 Å². The standard InChI is InChI=1S/C70H53N3OSi/c1-46-20-34-65-59(40-46)60-41-47(2)21-35-66(60)72(65)52-28-24-50(25-29-52)71(51-26-30-53(31-27-51)73-67-36-22-48(3)42-61(67)62-43-49(4)23-37-68(62)73)54-32-38-69-63(44-54)64-45-58(33-39-70(64)74-69)75(55-14-8-5-9-15-55,56-16-10-6-11-17-56)57-18-12-7-13-19-57/h5-45H,1-4H3. The van der Waals surface area contributed by atoms with Gasteiger partial charge >= 0.3 is 0 Å². The van der Waals surface area contributed by atoms with Gasteiger partial charge in [-0.25, -0.2) is 0 Å². The number of aromatic nitrogens is 2. The van der Waals surface area contributed by atoms with Gasteiger partial charge in [-0.15, -0.1) is 0 Å². The lowest BCUT2D eigenvalue weighted by atomic mass is 10.1. The van der Waals surface area contributed by atoms with Crippen LogP contribution in [0.2, 0.25) is 0 Å². The fraction of sp³-hybridized carbons (Fsp3) is 0.0571. The minimum Gasteiger partial charge on any atom is -0.456 e. The highest BCUT2D eigenvalue weighted by molar-refractivity contribution is 7.20. The highest BCUT2D eigenvalue weighted by atomic mass is 28.3. The molecule has 0 aliphatic heterocycles. The molecule has 358 valence electrons. The third-order valence-electron chi connectivity index (χ3n) is 15.6. The van der Waals surface area contributed by atoms with Crippen molar-refractivity contribution in [1.29, 1.82) is 0 Å². The molecule has 0 saturated heterocycles. The van der Waals surface area contributed by atoms with E-state index in [1.165, 1.54) is 86.6 Å². The van der Waals surface area contributed by atoms with Crippen LogP contribution in [0.4, 0.5) is 17.1 Å². The number of furan rings is 1. The zero-order valence-corrected chi connectivity index (χ0v) is 43.4. The van der Waals surface area contributed by atoms with Crippen LogP contribution in [0.1, 0.15) is 22.3 Å². The Kier molecular flexibility index (Phi) is 10.4. The molecule has 0 fully saturated rings. The summed E-state index contributed by atoms with van der Waals surface area (Å²) < 4.78 is 11.6. The van der Waals surface area contributed by atoms with Crippen LogP contribution >= 0.6 is 0 Å². The quantitative estimate of drug-likeness (QED) is 0.106. The fourth-order valence-corrected chi connectivity index (χ4v) is 17.0. The summed E-state index contributed by atoms with van der Waals surface area (Å²) in [5.41, 5.74) is 16.9. The first-order valence-electron chi connectivity index (χ1n) is 26.0. The second-order valence-electron chi connectivity index (χ2n) is 20.5. The molecular formula is C70H53N3OSi. The van der Waals surface area contributed by atoms with Gasteiger partial charge in [0.1, 0.15) is 11.2 Å². The highest BCUT2D eigenvalue weighted by Crippen LogP contribution is 2.41. The third kappa shape index (κ3) is 7.18. The lowest BCUT2D eigenvalue weighted by Crippen LogP contribution is -2.74. The molecule has 3 heterocycles. The molecule has 4 nitrogen and oxygen atoms in total. The van der Waals surface area contributed by atoms with Crippen LogP contribution in [0, 0.1) is 27.7 Å². The van der Waals surface area contributed by atoms with Crippen molar-refractivity contribution >= 4 is 111 Å². The van der Waals surface area contributed by atoms with Crippen LogP contribution < -0.4 is 25.6 Å². The Bertz CT molecular complexity index is 4110. The fourth-order valence-electron chi connectivity index (χ4n) is 12.2. The van der Waals surface area contributed by atoms with E-state index in [0.29, 0.717) is 0 Å². The van der Waals surface area contributed by atoms with Crippen LogP contribution in [0.25, 0.3) is 76.9 Å². The van der Waals surface area contributed by atoms with Crippen molar-refractivity contribution < 1.29 is 4.42 Å². The van der Waals surface area contributed by atoms with Crippen LogP contribution in [-0.4, -0.2) is 17.2 Å². The van der Waals surface area contributed by atoms with Gasteiger partial charge in [-0.1, -0.05) is 150 Å². The number of hydrogen-bond acceptors (Lipinski definition) is 2. The third-order valence-corrected chi connectivity index (χ3v) is 20.4. The smallest absolute Gasteiger partial charge is 0.179 e. The number of anilines is 3. The van der Waals surface area contributed by atoms with Crippen molar-refractivity contribution in [2.24, 2.45) is 0 Å². The zero-order chi connectivity index (χ0) is 50.4. The molecule has 0 aliphatic carbocycles. The van der Waals surface area contributed by atoms with Crippen LogP contribution in [0.15, 0.2) is 253 Å². The van der Waals surface area contributed by atoms with Gasteiger partial charge in [-0.2, -0.15) is 0 Å². The van der Waals surface area contributed by atoms with E-state index in [4.69, 9.17) is 4.42 Å². The average Bonchev–Trinajstić information content (AvgIpc) is 4.11. The molecule has 75 heavy (non-hydrogen) atoms. The Morgan fingerprint density at radius 3 is 1.03 bits per heavy atom. The van der Waals surface area contributed by atoms with E-state index >= 15 is 0 Å². The monoisotopic (exact) mass is 979 g/mol. The first-order valence-corrected chi connectivity index (χ1v) is 28.0. The van der Waals surface area contributed by atoms with Crippen molar-refractivity contribution in [3.8, 4) is 11.4 Å². The number of nitrogens with zero attached hydrogens (tertiary/aromatic N) is 3. The predicted octanol–water partition coefficient (Wildman–Crippen LogP) is 15.9. The van der Waals surface area contributed by atoms with Crippen LogP contribution in [0.5, 0.6) is 0 Å². The molecule has 0 atom stereocenters. The van der Waals surface area contributed by atoms with Gasteiger partial charge in [0.05, 0.1) is 22.1 Å². The lowest BCUT2D eigenvalue weighted by molar-refractivity contribution is 0.669. The summed E-state index contributed by atoms with van der Waals surface area (Å²) in [7, 11) is -2.81. The van der Waals surface area contributed by atoms with Crippen LogP contribution in [0.3, 0.4) is 0 Å². The molecule has 0 radical (unpaired) electrons. The summed E-state index contributed by atoms with van der Waals surface area (Å²) in [6.45, 7) is 8.71. The maximum absolute atomic E-state index is 6.76. The molecule has 14 aromatic rings. The van der Waals surface area contributed by atoms with Gasteiger partial charge in [0.25, 0.3) is 0 Å². The SMILES string of the molecule is Cc1ccc2c(c1)c1cc(C)ccc1n2-c1ccc(N(c2ccc(-n3c4ccc(C)cc4c4cc(C)ccc43)cc2)c2ccc3oc4ccc([Si](c5ccccc5)(c5ccccc5)c5ccccc5)cc4c3c2)cc1. The molecule has 0 spiro atoms. The summed E-state index contributed by atoms with van der Waals surface area (Å²) in [5, 5.41) is 12.6. The zero-order valence-electron chi connectivity index (χ0n) is 42.4. The first kappa shape index (κ1) is 44.5. The number of aryl methyl sites for hydroxylation is 4. The molecule has 0 N–H and O–H groups in total. The largest absolute Gasteiger partial charge is 0.456 e. The van der Waals surface area contributed by atoms with Crippen LogP contribution in [-0.2, 0) is 0 Å². The summed E-state index contributed by atoms with van der Waals surface area (Å²) in [6, 6.07) is 92.5. The van der Waals surface area contributed by atoms with E-state index in [9.17, 15) is 0 Å². The molecule has 11 aromatic carbocycles. The van der Waals surface area contributed by atoms with E-state index < -0.39 is 8.07 Å². The molecule has 0 aliphatic rings. The molecular weight excluding hydrogens is 927 g/mol. The van der Waals surface area contributed by atoms with Gasteiger partial charge in [0.2, 0.25) is 0 Å². The maximum atomic E-state index is 6.76. The molecule has 3 aromatic heterocycles. The summed E-state index contributed by atoms with van der Waals surface area (Å²) in [4.78, 5) is 2.39. The van der Waals surface area contributed by atoms with E-state index in [0.717, 1.165) is 50.4 Å². The highest BCUT2D eigenvalue weighted by Gasteiger charge is 2.41. The Labute approximate surface area is 437 Å². The average molecular weight is 980 g/mol. The molecule has 0 unspecified atom stereocenters. The van der Waals surface area contributed by atoms with Gasteiger partial charge in [0, 0.05) is 60.8 Å². The second kappa shape index (κ2) is 17.5. The lowest BCUT2D eigenvalue weighted by Gasteiger charge is -2.34. The first-order chi connectivity index (χ1) is 36.8. The Balaban J connectivity index is 0.954. The van der Waals surface area contributed by atoms with E-state index in [1.807, 2.05) is 0 Å². The normalized spacial score (nSPS) is 12.0. The topological polar surface area (TPSA) is 26.2 Å². The maximum Gasteiger partial charge on any atom is 0.179 e. The number of benzene rings is 11. The van der Waals surface area contributed by atoms with Gasteiger partial charge in [-0.05, 0) is 170 Å². The van der Waals surface area contributed by atoms with Crippen molar-refractivity contribution in [3.63, 3.8) is 0 Å². The summed E-state index contributed by atoms with van der Waals surface area (Å²) in [6.07, 6.45) is 0. The number of hydrogen-bond donors (Lipinski definition) is 0. The molecule has 0 amide bonds. The predicted molar refractivity (Wildman–Crippen MR) is 320 cm³/mol. The van der Waals surface area contributed by atoms with Crippen molar-refractivity contribution in [2.75, 3.05) is 4.90 Å². The molecule has 5 heteroatoms. The van der Waals surface area contributed by atoms with Gasteiger partial charge in [-0.3, -0.25) is 0 Å². The minimum atomic E-state index is -2.81. The van der Waals surface area contributed by atoms with Crippen molar-refractivity contribution in [2.45, 2.75) is 27.7 Å². The second-order valence-corrected chi connectivity index (χ2v) is 24.3. The van der Waals surface area contributed by atoms with Crippen molar-refractivity contribution in [3.05, 3.63) is 271 Å². The van der Waals surface area contributed by atoms with Gasteiger partial charge in [0.15, 0.2) is 8.07 Å². The summed E-state index contributed by atoms with van der Waals surface area (Å²) >= 11 is 0. The molecule has 14 rings (SSSR count). The summed E-state index contributed by atoms with van der Waals surface area (Å²) in [5.74, 6) is 0. The van der Waals surface area contributed by atoms with Gasteiger partial charge < -0.3 is 18.5 Å². The number of rotatable bonds is 9. The molecule has 0 saturated carbocycles. The van der Waals surface area contributed by atoms with Crippen molar-refractivity contribution in [1.82, 2.24) is 9.13 Å². The Morgan fingerprint density at radius 1 is 0.293 bits per heavy atom. The molecule has 0 bridgehead atoms. The number of fused-ring (bicyclic) bond motifs is 9. The minimum absolute atomic E-state index is 0.858. The van der Waals surface area contributed by atoms with E-state index in [-0.39, 0.29) is 0 Å².